The molecular weight excluding hydrogens is 360 g/mol. The van der Waals surface area contributed by atoms with Crippen LogP contribution in [0.5, 0.6) is 0 Å². The average molecular weight is 380 g/mol. The molecule has 0 saturated carbocycles. The van der Waals surface area contributed by atoms with E-state index in [-0.39, 0.29) is 5.56 Å². The lowest BCUT2D eigenvalue weighted by molar-refractivity contribution is 0.521. The summed E-state index contributed by atoms with van der Waals surface area (Å²) >= 11 is 1.55. The zero-order valence-electron chi connectivity index (χ0n) is 15.3. The molecule has 138 valence electrons. The minimum absolute atomic E-state index is 0.0547. The molecule has 0 unspecified atom stereocenters. The summed E-state index contributed by atoms with van der Waals surface area (Å²) in [5.74, 6) is 0.669. The first-order chi connectivity index (χ1) is 13.2. The molecule has 3 heterocycles. The fraction of sp³-hybridized carbons (Fsp3) is 0.316. The Bertz CT molecular complexity index is 1130. The van der Waals surface area contributed by atoms with Crippen LogP contribution in [0.3, 0.4) is 0 Å². The first-order valence-electron chi connectivity index (χ1n) is 8.98. The number of fused-ring (bicyclic) bond motifs is 1. The summed E-state index contributed by atoms with van der Waals surface area (Å²) in [6, 6.07) is 10.1. The Morgan fingerprint density at radius 2 is 2.00 bits per heavy atom. The summed E-state index contributed by atoms with van der Waals surface area (Å²) in [4.78, 5) is 19.5. The molecule has 0 aliphatic heterocycles. The van der Waals surface area contributed by atoms with Crippen LogP contribution < -0.4 is 5.56 Å². The fourth-order valence-corrected chi connectivity index (χ4v) is 4.25. The van der Waals surface area contributed by atoms with Gasteiger partial charge in [-0.25, -0.2) is 9.67 Å². The molecule has 0 atom stereocenters. The van der Waals surface area contributed by atoms with Crippen LogP contribution >= 0.6 is 11.3 Å². The molecule has 0 aliphatic carbocycles. The predicted molar refractivity (Wildman–Crippen MR) is 106 cm³/mol. The van der Waals surface area contributed by atoms with Crippen LogP contribution in [0.15, 0.2) is 41.5 Å². The molecule has 0 spiro atoms. The highest BCUT2D eigenvalue weighted by Gasteiger charge is 2.17. The molecule has 4 aromatic rings. The largest absolute Gasteiger partial charge is 0.291 e. The number of nitrogens with zero attached hydrogens (tertiary/aromatic N) is 6. The third-order valence-corrected chi connectivity index (χ3v) is 5.84. The van der Waals surface area contributed by atoms with Gasteiger partial charge < -0.3 is 0 Å². The lowest BCUT2D eigenvalue weighted by atomic mass is 10.1. The Hall–Kier alpha value is -2.87. The topological polar surface area (TPSA) is 78.5 Å². The molecule has 8 heteroatoms. The number of benzene rings is 1. The van der Waals surface area contributed by atoms with Gasteiger partial charge in [0.05, 0.1) is 18.3 Å². The first-order valence-corrected chi connectivity index (χ1v) is 9.79. The average Bonchev–Trinajstić information content (AvgIpc) is 3.27. The van der Waals surface area contributed by atoms with Crippen LogP contribution in [-0.4, -0.2) is 29.8 Å². The summed E-state index contributed by atoms with van der Waals surface area (Å²) in [7, 11) is 0. The zero-order valence-corrected chi connectivity index (χ0v) is 16.1. The van der Waals surface area contributed by atoms with E-state index >= 15 is 0 Å². The molecule has 0 bridgehead atoms. The van der Waals surface area contributed by atoms with Crippen LogP contribution in [-0.2, 0) is 13.1 Å². The van der Waals surface area contributed by atoms with Gasteiger partial charge in [-0.1, -0.05) is 43.7 Å². The van der Waals surface area contributed by atoms with Gasteiger partial charge in [0.25, 0.3) is 5.56 Å². The van der Waals surface area contributed by atoms with Crippen molar-refractivity contribution in [3.8, 4) is 10.4 Å². The molecule has 1 aromatic carbocycles. The summed E-state index contributed by atoms with van der Waals surface area (Å²) in [5, 5.41) is 12.5. The predicted octanol–water partition coefficient (Wildman–Crippen LogP) is 3.27. The quantitative estimate of drug-likeness (QED) is 0.513. The van der Waals surface area contributed by atoms with Crippen molar-refractivity contribution in [2.45, 2.75) is 39.8 Å². The number of rotatable bonds is 6. The smallest absolute Gasteiger partial charge is 0.262 e. The van der Waals surface area contributed by atoms with Gasteiger partial charge in [-0.15, -0.1) is 16.4 Å². The molecule has 0 fully saturated rings. The maximum Gasteiger partial charge on any atom is 0.262 e. The van der Waals surface area contributed by atoms with Crippen LogP contribution in [0, 0.1) is 6.92 Å². The number of unbranched alkanes of at least 4 members (excludes halogenated alkanes) is 1. The fourth-order valence-electron chi connectivity index (χ4n) is 3.11. The van der Waals surface area contributed by atoms with E-state index in [4.69, 9.17) is 0 Å². The van der Waals surface area contributed by atoms with Crippen molar-refractivity contribution >= 4 is 21.6 Å². The van der Waals surface area contributed by atoms with Crippen molar-refractivity contribution in [2.75, 3.05) is 0 Å². The second-order valence-electron chi connectivity index (χ2n) is 6.45. The normalized spacial score (nSPS) is 11.3. The van der Waals surface area contributed by atoms with Crippen molar-refractivity contribution in [1.82, 2.24) is 29.8 Å². The van der Waals surface area contributed by atoms with Gasteiger partial charge in [-0.05, 0) is 34.9 Å². The van der Waals surface area contributed by atoms with Gasteiger partial charge in [-0.3, -0.25) is 9.36 Å². The maximum absolute atomic E-state index is 13.1. The van der Waals surface area contributed by atoms with Gasteiger partial charge in [0, 0.05) is 11.4 Å². The molecule has 27 heavy (non-hydrogen) atoms. The van der Waals surface area contributed by atoms with E-state index in [0.717, 1.165) is 40.2 Å². The molecule has 0 saturated heterocycles. The van der Waals surface area contributed by atoms with Crippen LogP contribution in [0.2, 0.25) is 0 Å². The molecule has 0 aliphatic rings. The maximum atomic E-state index is 13.1. The number of thiophene rings is 1. The molecule has 4 rings (SSSR count). The molecule has 7 nitrogen and oxygen atoms in total. The Kier molecular flexibility index (Phi) is 4.81. The standard InChI is InChI=1S/C19H20N6OS/c1-3-4-10-25-15(21-22-23-25)11-24-12-20-18-16(19(24)26)13(2)17(27-18)14-8-6-5-7-9-14/h5-9,12H,3-4,10-11H2,1-2H3. The lowest BCUT2D eigenvalue weighted by Crippen LogP contribution is -2.23. The third-order valence-electron chi connectivity index (χ3n) is 4.59. The van der Waals surface area contributed by atoms with Gasteiger partial charge in [0.2, 0.25) is 0 Å². The van der Waals surface area contributed by atoms with E-state index in [1.54, 1.807) is 26.9 Å². The van der Waals surface area contributed by atoms with E-state index in [1.807, 2.05) is 25.1 Å². The Morgan fingerprint density at radius 1 is 1.19 bits per heavy atom. The van der Waals surface area contributed by atoms with E-state index in [9.17, 15) is 4.79 Å². The van der Waals surface area contributed by atoms with Crippen molar-refractivity contribution in [2.24, 2.45) is 0 Å². The van der Waals surface area contributed by atoms with E-state index in [2.05, 4.69) is 39.6 Å². The number of aryl methyl sites for hydroxylation is 2. The Morgan fingerprint density at radius 3 is 2.78 bits per heavy atom. The number of hydrogen-bond donors (Lipinski definition) is 0. The minimum atomic E-state index is -0.0547. The van der Waals surface area contributed by atoms with Crippen molar-refractivity contribution in [3.63, 3.8) is 0 Å². The van der Waals surface area contributed by atoms with Gasteiger partial charge in [-0.2, -0.15) is 0 Å². The second-order valence-corrected chi connectivity index (χ2v) is 7.45. The second kappa shape index (κ2) is 7.40. The molecular formula is C19H20N6OS. The van der Waals surface area contributed by atoms with Crippen LogP contribution in [0.1, 0.15) is 31.2 Å². The van der Waals surface area contributed by atoms with E-state index < -0.39 is 0 Å². The highest BCUT2D eigenvalue weighted by molar-refractivity contribution is 7.22. The SMILES string of the molecule is CCCCn1nnnc1Cn1cnc2sc(-c3ccccc3)c(C)c2c1=O. The Balaban J connectivity index is 1.74. The first kappa shape index (κ1) is 17.5. The Labute approximate surface area is 160 Å². The van der Waals surface area contributed by atoms with Crippen LogP contribution in [0.25, 0.3) is 20.7 Å². The highest BCUT2D eigenvalue weighted by Crippen LogP contribution is 2.35. The molecule has 3 aromatic heterocycles. The van der Waals surface area contributed by atoms with Crippen LogP contribution in [0.4, 0.5) is 0 Å². The summed E-state index contributed by atoms with van der Waals surface area (Å²) in [6.07, 6.45) is 3.64. The van der Waals surface area contributed by atoms with Crippen molar-refractivity contribution < 1.29 is 0 Å². The van der Waals surface area contributed by atoms with Gasteiger partial charge >= 0.3 is 0 Å². The van der Waals surface area contributed by atoms with Gasteiger partial charge in [0.15, 0.2) is 5.82 Å². The summed E-state index contributed by atoms with van der Waals surface area (Å²) < 4.78 is 3.35. The number of hydrogen-bond acceptors (Lipinski definition) is 6. The summed E-state index contributed by atoms with van der Waals surface area (Å²) in [6.45, 7) is 5.17. The third kappa shape index (κ3) is 3.28. The van der Waals surface area contributed by atoms with Crippen molar-refractivity contribution in [3.05, 3.63) is 58.4 Å². The van der Waals surface area contributed by atoms with E-state index in [1.165, 1.54) is 0 Å². The van der Waals surface area contributed by atoms with Gasteiger partial charge in [0.1, 0.15) is 4.83 Å². The highest BCUT2D eigenvalue weighted by atomic mass is 32.1. The molecule has 0 radical (unpaired) electrons. The molecule has 0 N–H and O–H groups in total. The van der Waals surface area contributed by atoms with E-state index in [0.29, 0.717) is 17.8 Å². The monoisotopic (exact) mass is 380 g/mol. The lowest BCUT2D eigenvalue weighted by Gasteiger charge is -2.06. The summed E-state index contributed by atoms with van der Waals surface area (Å²) in [5.41, 5.74) is 2.02. The molecule has 0 amide bonds. The minimum Gasteiger partial charge on any atom is -0.291 e. The zero-order chi connectivity index (χ0) is 18.8. The number of tetrazole rings is 1. The number of aromatic nitrogens is 6. The van der Waals surface area contributed by atoms with Crippen molar-refractivity contribution in [1.29, 1.82) is 0 Å².